The molecule has 35 heavy (non-hydrogen) atoms. The van der Waals surface area contributed by atoms with Crippen molar-refractivity contribution in [2.24, 2.45) is 0 Å². The number of hydrogen-bond acceptors (Lipinski definition) is 5. The third kappa shape index (κ3) is 3.94. The average Bonchev–Trinajstić information content (AvgIpc) is 3.38. The van der Waals surface area contributed by atoms with Crippen molar-refractivity contribution in [3.8, 4) is 22.8 Å². The summed E-state index contributed by atoms with van der Waals surface area (Å²) in [5.41, 5.74) is 4.97. The summed E-state index contributed by atoms with van der Waals surface area (Å²) in [5, 5.41) is 1.44. The van der Waals surface area contributed by atoms with Gasteiger partial charge in [-0.1, -0.05) is 35.9 Å². The summed E-state index contributed by atoms with van der Waals surface area (Å²) in [6.45, 7) is 5.04. The smallest absolute Gasteiger partial charge is 0.254 e. The van der Waals surface area contributed by atoms with Crippen LogP contribution in [0.4, 0.5) is 5.69 Å². The molecule has 0 saturated carbocycles. The van der Waals surface area contributed by atoms with Crippen molar-refractivity contribution in [2.45, 2.75) is 6.92 Å². The molecule has 0 N–H and O–H groups in total. The molecule has 0 bridgehead atoms. The molecule has 0 spiro atoms. The molecular formula is C28H24ClN3O3. The number of ether oxygens (including phenoxy) is 2. The maximum absolute atomic E-state index is 13.8. The van der Waals surface area contributed by atoms with Crippen molar-refractivity contribution < 1.29 is 14.3 Å². The highest BCUT2D eigenvalue weighted by atomic mass is 35.5. The van der Waals surface area contributed by atoms with Crippen LogP contribution in [0.3, 0.4) is 0 Å². The fourth-order valence-corrected chi connectivity index (χ4v) is 4.91. The Kier molecular flexibility index (Phi) is 5.46. The topological polar surface area (TPSA) is 54.9 Å². The van der Waals surface area contributed by atoms with Gasteiger partial charge < -0.3 is 19.3 Å². The van der Waals surface area contributed by atoms with Gasteiger partial charge in [-0.25, -0.2) is 4.98 Å². The molecule has 0 unspecified atom stereocenters. The van der Waals surface area contributed by atoms with Crippen LogP contribution in [0.1, 0.15) is 15.9 Å². The van der Waals surface area contributed by atoms with Crippen molar-refractivity contribution in [3.05, 3.63) is 82.9 Å². The van der Waals surface area contributed by atoms with Gasteiger partial charge in [0.15, 0.2) is 11.5 Å². The minimum absolute atomic E-state index is 0.00817. The Hall–Kier alpha value is -3.77. The number of amides is 1. The van der Waals surface area contributed by atoms with Gasteiger partial charge in [0, 0.05) is 47.8 Å². The van der Waals surface area contributed by atoms with Gasteiger partial charge in [-0.05, 0) is 55.0 Å². The summed E-state index contributed by atoms with van der Waals surface area (Å²) < 4.78 is 11.0. The Morgan fingerprint density at radius 1 is 0.914 bits per heavy atom. The number of anilines is 1. The second-order valence-electron chi connectivity index (χ2n) is 8.81. The van der Waals surface area contributed by atoms with Crippen LogP contribution in [0.25, 0.3) is 22.2 Å². The third-order valence-electron chi connectivity index (χ3n) is 6.76. The van der Waals surface area contributed by atoms with Crippen LogP contribution in [0, 0.1) is 6.92 Å². The first-order valence-electron chi connectivity index (χ1n) is 11.7. The van der Waals surface area contributed by atoms with Gasteiger partial charge in [-0.2, -0.15) is 0 Å². The summed E-state index contributed by atoms with van der Waals surface area (Å²) in [5.74, 6) is 1.40. The fourth-order valence-electron chi connectivity index (χ4n) is 4.76. The van der Waals surface area contributed by atoms with Crippen molar-refractivity contribution in [1.29, 1.82) is 0 Å². The summed E-state index contributed by atoms with van der Waals surface area (Å²) in [6.07, 6.45) is 0. The molecule has 176 valence electrons. The second kappa shape index (κ2) is 8.78. The molecule has 0 radical (unpaired) electrons. The molecular weight excluding hydrogens is 462 g/mol. The number of nitrogens with zero attached hydrogens (tertiary/aromatic N) is 3. The van der Waals surface area contributed by atoms with Crippen molar-refractivity contribution >= 4 is 34.1 Å². The molecule has 0 atom stereocenters. The van der Waals surface area contributed by atoms with Gasteiger partial charge in [-0.3, -0.25) is 4.79 Å². The van der Waals surface area contributed by atoms with Crippen molar-refractivity contribution in [3.63, 3.8) is 0 Å². The fraction of sp³-hybridized carbons (Fsp3) is 0.214. The molecule has 2 aliphatic heterocycles. The van der Waals surface area contributed by atoms with Gasteiger partial charge in [0.2, 0.25) is 6.79 Å². The number of aromatic nitrogens is 1. The van der Waals surface area contributed by atoms with Crippen LogP contribution in [0.5, 0.6) is 11.5 Å². The molecule has 1 saturated heterocycles. The van der Waals surface area contributed by atoms with E-state index >= 15 is 0 Å². The minimum Gasteiger partial charge on any atom is -0.454 e. The summed E-state index contributed by atoms with van der Waals surface area (Å²) in [7, 11) is 0. The minimum atomic E-state index is 0.00817. The number of carbonyl (C=O) groups is 1. The molecule has 1 aromatic heterocycles. The predicted molar refractivity (Wildman–Crippen MR) is 138 cm³/mol. The van der Waals surface area contributed by atoms with Gasteiger partial charge in [0.25, 0.3) is 5.91 Å². The van der Waals surface area contributed by atoms with E-state index < -0.39 is 0 Å². The Labute approximate surface area is 208 Å². The first-order valence-corrected chi connectivity index (χ1v) is 12.1. The van der Waals surface area contributed by atoms with Crippen molar-refractivity contribution in [1.82, 2.24) is 9.88 Å². The van der Waals surface area contributed by atoms with Crippen LogP contribution in [-0.2, 0) is 0 Å². The molecule has 0 aliphatic carbocycles. The maximum Gasteiger partial charge on any atom is 0.254 e. The van der Waals surface area contributed by atoms with E-state index in [9.17, 15) is 4.79 Å². The monoisotopic (exact) mass is 485 g/mol. The zero-order valence-electron chi connectivity index (χ0n) is 19.3. The number of rotatable bonds is 3. The quantitative estimate of drug-likeness (QED) is 0.380. The van der Waals surface area contributed by atoms with E-state index in [1.54, 1.807) is 0 Å². The first-order chi connectivity index (χ1) is 17.1. The Balaban J connectivity index is 1.37. The zero-order valence-corrected chi connectivity index (χ0v) is 20.1. The van der Waals surface area contributed by atoms with Gasteiger partial charge in [-0.15, -0.1) is 0 Å². The third-order valence-corrected chi connectivity index (χ3v) is 7.16. The molecule has 1 amide bonds. The van der Waals surface area contributed by atoms with Gasteiger partial charge >= 0.3 is 0 Å². The number of pyridine rings is 1. The number of benzene rings is 3. The number of fused-ring (bicyclic) bond motifs is 2. The van der Waals surface area contributed by atoms with Crippen LogP contribution < -0.4 is 14.4 Å². The normalized spacial score (nSPS) is 15.0. The lowest BCUT2D eigenvalue weighted by Gasteiger charge is -2.36. The molecule has 7 heteroatoms. The predicted octanol–water partition coefficient (Wildman–Crippen LogP) is 5.55. The Morgan fingerprint density at radius 3 is 2.49 bits per heavy atom. The molecule has 3 heterocycles. The largest absolute Gasteiger partial charge is 0.454 e. The van der Waals surface area contributed by atoms with Gasteiger partial charge in [0.1, 0.15) is 0 Å². The lowest BCUT2D eigenvalue weighted by molar-refractivity contribution is 0.0748. The van der Waals surface area contributed by atoms with E-state index in [1.807, 2.05) is 66.4 Å². The highest BCUT2D eigenvalue weighted by Gasteiger charge is 2.25. The highest BCUT2D eigenvalue weighted by Crippen LogP contribution is 2.37. The number of carbonyl (C=O) groups excluding carboxylic acids is 1. The lowest BCUT2D eigenvalue weighted by Crippen LogP contribution is -2.48. The van der Waals surface area contributed by atoms with E-state index in [-0.39, 0.29) is 12.7 Å². The number of para-hydroxylation sites is 1. The second-order valence-corrected chi connectivity index (χ2v) is 9.21. The van der Waals surface area contributed by atoms with Gasteiger partial charge in [0.05, 0.1) is 16.8 Å². The molecule has 1 fully saturated rings. The Morgan fingerprint density at radius 2 is 1.69 bits per heavy atom. The van der Waals surface area contributed by atoms with E-state index in [0.29, 0.717) is 40.9 Å². The first kappa shape index (κ1) is 21.7. The van der Waals surface area contributed by atoms with E-state index in [0.717, 1.165) is 35.1 Å². The lowest BCUT2D eigenvalue weighted by atomic mass is 10.0. The average molecular weight is 486 g/mol. The van der Waals surface area contributed by atoms with Crippen molar-refractivity contribution in [2.75, 3.05) is 37.9 Å². The maximum atomic E-state index is 13.8. The summed E-state index contributed by atoms with van der Waals surface area (Å²) in [4.78, 5) is 23.0. The summed E-state index contributed by atoms with van der Waals surface area (Å²) in [6, 6.07) is 21.7. The van der Waals surface area contributed by atoms with Crippen LogP contribution in [-0.4, -0.2) is 48.8 Å². The molecule has 4 aromatic rings. The number of piperazine rings is 1. The Bertz CT molecular complexity index is 1430. The van der Waals surface area contributed by atoms with E-state index in [4.69, 9.17) is 26.1 Å². The standard InChI is InChI=1S/C28H24ClN3O3/c1-18-23(29)9-8-21-22(28(33)32-13-11-31(12-14-32)20-5-3-2-4-6-20)16-24(30-27(18)21)19-7-10-25-26(15-19)35-17-34-25/h2-10,15-16H,11-14,17H2,1H3. The highest BCUT2D eigenvalue weighted by molar-refractivity contribution is 6.32. The SMILES string of the molecule is Cc1c(Cl)ccc2c(C(=O)N3CCN(c4ccccc4)CC3)cc(-c3ccc4c(c3)OCO4)nc12. The number of halogens is 1. The van der Waals surface area contributed by atoms with E-state index in [2.05, 4.69) is 17.0 Å². The molecule has 3 aromatic carbocycles. The van der Waals surface area contributed by atoms with Crippen LogP contribution in [0.15, 0.2) is 66.7 Å². The molecule has 2 aliphatic rings. The van der Waals surface area contributed by atoms with Crippen LogP contribution in [0.2, 0.25) is 5.02 Å². The molecule has 6 nitrogen and oxygen atoms in total. The molecule has 6 rings (SSSR count). The zero-order chi connectivity index (χ0) is 23.9. The number of hydrogen-bond donors (Lipinski definition) is 0. The van der Waals surface area contributed by atoms with Crippen LogP contribution >= 0.6 is 11.6 Å². The number of aryl methyl sites for hydroxylation is 1. The van der Waals surface area contributed by atoms with E-state index in [1.165, 1.54) is 5.69 Å². The summed E-state index contributed by atoms with van der Waals surface area (Å²) >= 11 is 6.44.